The fraction of sp³-hybridized carbons (Fsp3) is 0.125. The second kappa shape index (κ2) is 5.79. The first-order valence-corrected chi connectivity index (χ1v) is 7.52. The highest BCUT2D eigenvalue weighted by Gasteiger charge is 2.17. The van der Waals surface area contributed by atoms with E-state index in [-0.39, 0.29) is 11.4 Å². The van der Waals surface area contributed by atoms with Crippen molar-refractivity contribution < 1.29 is 13.9 Å². The number of para-hydroxylation sites is 1. The molecule has 1 aromatic heterocycles. The minimum Gasteiger partial charge on any atom is -0.457 e. The average molecular weight is 370 g/mol. The van der Waals surface area contributed by atoms with Gasteiger partial charge in [-0.2, -0.15) is 0 Å². The molecule has 108 valence electrons. The Morgan fingerprint density at radius 3 is 2.76 bits per heavy atom. The van der Waals surface area contributed by atoms with E-state index in [2.05, 4.69) is 15.9 Å². The van der Waals surface area contributed by atoms with Gasteiger partial charge in [0.1, 0.15) is 23.3 Å². The molecule has 0 saturated carbocycles. The van der Waals surface area contributed by atoms with Gasteiger partial charge in [0, 0.05) is 11.8 Å². The van der Waals surface area contributed by atoms with Crippen LogP contribution in [0.1, 0.15) is 17.4 Å². The van der Waals surface area contributed by atoms with Gasteiger partial charge in [0.05, 0.1) is 9.50 Å². The van der Waals surface area contributed by atoms with E-state index in [0.717, 1.165) is 9.86 Å². The number of hydrogen-bond acceptors (Lipinski definition) is 2. The largest absolute Gasteiger partial charge is 0.457 e. The third-order valence-corrected chi connectivity index (χ3v) is 4.20. The number of aliphatic hydroxyl groups is 1. The van der Waals surface area contributed by atoms with Gasteiger partial charge in [-0.15, -0.1) is 0 Å². The summed E-state index contributed by atoms with van der Waals surface area (Å²) < 4.78 is 20.3. The molecule has 1 atom stereocenters. The van der Waals surface area contributed by atoms with E-state index in [1.165, 1.54) is 6.07 Å². The molecule has 0 aliphatic heterocycles. The Labute approximate surface area is 134 Å². The van der Waals surface area contributed by atoms with Crippen molar-refractivity contribution >= 4 is 38.5 Å². The summed E-state index contributed by atoms with van der Waals surface area (Å²) in [4.78, 5) is 0. The second-order valence-corrected chi connectivity index (χ2v) is 6.00. The van der Waals surface area contributed by atoms with Gasteiger partial charge in [-0.1, -0.05) is 35.9 Å². The van der Waals surface area contributed by atoms with Crippen LogP contribution in [0.15, 0.2) is 51.4 Å². The number of aliphatic hydroxyl groups excluding tert-OH is 1. The van der Waals surface area contributed by atoms with Crippen LogP contribution >= 0.6 is 27.5 Å². The molecule has 0 radical (unpaired) electrons. The topological polar surface area (TPSA) is 33.4 Å². The van der Waals surface area contributed by atoms with Crippen LogP contribution < -0.4 is 0 Å². The molecular formula is C16H11BrClFO2. The van der Waals surface area contributed by atoms with Crippen LogP contribution in [0.3, 0.4) is 0 Å². The zero-order valence-electron chi connectivity index (χ0n) is 10.8. The first-order chi connectivity index (χ1) is 10.1. The van der Waals surface area contributed by atoms with Crippen LogP contribution in [-0.2, 0) is 6.42 Å². The van der Waals surface area contributed by atoms with Gasteiger partial charge in [-0.05, 0) is 39.7 Å². The predicted molar refractivity (Wildman–Crippen MR) is 84.0 cm³/mol. The highest BCUT2D eigenvalue weighted by Crippen LogP contribution is 2.31. The van der Waals surface area contributed by atoms with Crippen LogP contribution in [0, 0.1) is 5.82 Å². The summed E-state index contributed by atoms with van der Waals surface area (Å²) in [6, 6.07) is 12.1. The molecular weight excluding hydrogens is 359 g/mol. The van der Waals surface area contributed by atoms with Crippen molar-refractivity contribution in [2.75, 3.05) is 0 Å². The Bertz CT molecular complexity index is 800. The molecule has 0 bridgehead atoms. The molecule has 0 saturated heterocycles. The maximum atomic E-state index is 13.9. The van der Waals surface area contributed by atoms with E-state index < -0.39 is 11.9 Å². The lowest BCUT2D eigenvalue weighted by Crippen LogP contribution is -2.02. The predicted octanol–water partition coefficient (Wildman–Crippen LogP) is 5.26. The van der Waals surface area contributed by atoms with E-state index in [0.29, 0.717) is 16.9 Å². The molecule has 2 aromatic carbocycles. The summed E-state index contributed by atoms with van der Waals surface area (Å²) in [5.41, 5.74) is 1.02. The second-order valence-electron chi connectivity index (χ2n) is 4.74. The molecule has 0 spiro atoms. The van der Waals surface area contributed by atoms with Crippen LogP contribution in [0.2, 0.25) is 5.02 Å². The van der Waals surface area contributed by atoms with E-state index in [1.807, 2.05) is 18.2 Å². The zero-order valence-corrected chi connectivity index (χ0v) is 13.2. The third-order valence-electron chi connectivity index (χ3n) is 3.29. The number of halogens is 3. The molecule has 0 aliphatic carbocycles. The van der Waals surface area contributed by atoms with Crippen molar-refractivity contribution in [3.63, 3.8) is 0 Å². The fourth-order valence-electron chi connectivity index (χ4n) is 2.23. The molecule has 1 heterocycles. The van der Waals surface area contributed by atoms with Crippen molar-refractivity contribution in [3.05, 3.63) is 69.1 Å². The molecule has 21 heavy (non-hydrogen) atoms. The molecule has 3 aromatic rings. The highest BCUT2D eigenvalue weighted by molar-refractivity contribution is 9.10. The van der Waals surface area contributed by atoms with Gasteiger partial charge in [0.15, 0.2) is 0 Å². The summed E-state index contributed by atoms with van der Waals surface area (Å²) in [5, 5.41) is 11.2. The fourth-order valence-corrected chi connectivity index (χ4v) is 2.88. The SMILES string of the molecule is OC(Cc1cccc(Cl)c1F)c1cc2cccc(Br)c2o1. The average Bonchev–Trinajstić information content (AvgIpc) is 2.89. The number of rotatable bonds is 3. The maximum absolute atomic E-state index is 13.9. The molecule has 5 heteroatoms. The Hall–Kier alpha value is -1.36. The van der Waals surface area contributed by atoms with Crippen molar-refractivity contribution in [2.24, 2.45) is 0 Å². The van der Waals surface area contributed by atoms with Crippen LogP contribution in [0.25, 0.3) is 11.0 Å². The highest BCUT2D eigenvalue weighted by atomic mass is 79.9. The Kier molecular flexibility index (Phi) is 4.02. The van der Waals surface area contributed by atoms with Gasteiger partial charge >= 0.3 is 0 Å². The van der Waals surface area contributed by atoms with Crippen LogP contribution in [0.5, 0.6) is 0 Å². The van der Waals surface area contributed by atoms with Crippen molar-refractivity contribution in [2.45, 2.75) is 12.5 Å². The van der Waals surface area contributed by atoms with Gasteiger partial charge in [0.25, 0.3) is 0 Å². The molecule has 1 unspecified atom stereocenters. The van der Waals surface area contributed by atoms with Crippen LogP contribution in [-0.4, -0.2) is 5.11 Å². The summed E-state index contributed by atoms with van der Waals surface area (Å²) in [7, 11) is 0. The van der Waals surface area contributed by atoms with E-state index in [4.69, 9.17) is 16.0 Å². The first kappa shape index (κ1) is 14.6. The molecule has 0 amide bonds. The summed E-state index contributed by atoms with van der Waals surface area (Å²) in [5.74, 6) is -0.105. The summed E-state index contributed by atoms with van der Waals surface area (Å²) >= 11 is 9.14. The lowest BCUT2D eigenvalue weighted by atomic mass is 10.1. The molecule has 0 aliphatic rings. The Morgan fingerprint density at radius 2 is 2.00 bits per heavy atom. The summed E-state index contributed by atoms with van der Waals surface area (Å²) in [6.07, 6.45) is -0.832. The number of benzene rings is 2. The molecule has 2 nitrogen and oxygen atoms in total. The van der Waals surface area contributed by atoms with Gasteiger partial charge in [-0.25, -0.2) is 4.39 Å². The Morgan fingerprint density at radius 1 is 1.24 bits per heavy atom. The van der Waals surface area contributed by atoms with Crippen molar-refractivity contribution in [1.29, 1.82) is 0 Å². The zero-order chi connectivity index (χ0) is 15.0. The quantitative estimate of drug-likeness (QED) is 0.683. The number of hydrogen-bond donors (Lipinski definition) is 1. The molecule has 3 rings (SSSR count). The first-order valence-electron chi connectivity index (χ1n) is 6.35. The van der Waals surface area contributed by atoms with Crippen LogP contribution in [0.4, 0.5) is 4.39 Å². The van der Waals surface area contributed by atoms with E-state index in [1.54, 1.807) is 18.2 Å². The van der Waals surface area contributed by atoms with E-state index in [9.17, 15) is 9.50 Å². The third kappa shape index (κ3) is 2.84. The maximum Gasteiger partial charge on any atom is 0.148 e. The normalized spacial score (nSPS) is 12.8. The van der Waals surface area contributed by atoms with Gasteiger partial charge < -0.3 is 9.52 Å². The Balaban J connectivity index is 1.92. The van der Waals surface area contributed by atoms with Gasteiger partial charge in [0.2, 0.25) is 0 Å². The minimum absolute atomic E-state index is 0.0482. The summed E-state index contributed by atoms with van der Waals surface area (Å²) in [6.45, 7) is 0. The standard InChI is InChI=1S/C16H11BrClFO2/c17-11-5-1-4-10-8-14(21-16(10)11)13(20)7-9-3-2-6-12(18)15(9)19/h1-6,8,13,20H,7H2. The smallest absolute Gasteiger partial charge is 0.148 e. The molecule has 1 N–H and O–H groups in total. The van der Waals surface area contributed by atoms with Crippen molar-refractivity contribution in [3.8, 4) is 0 Å². The lowest BCUT2D eigenvalue weighted by Gasteiger charge is -2.09. The van der Waals surface area contributed by atoms with E-state index >= 15 is 0 Å². The van der Waals surface area contributed by atoms with Gasteiger partial charge in [-0.3, -0.25) is 0 Å². The minimum atomic E-state index is -0.933. The monoisotopic (exact) mass is 368 g/mol. The molecule has 0 fully saturated rings. The number of fused-ring (bicyclic) bond motifs is 1. The number of furan rings is 1. The van der Waals surface area contributed by atoms with Crippen molar-refractivity contribution in [1.82, 2.24) is 0 Å². The lowest BCUT2D eigenvalue weighted by molar-refractivity contribution is 0.151.